The average molecular weight is 455 g/mol. The monoisotopic (exact) mass is 455 g/mol. The Bertz CT molecular complexity index is 1440. The number of hydrogen-bond donors (Lipinski definition) is 1. The first kappa shape index (κ1) is 21.2. The van der Waals surface area contributed by atoms with Crippen LogP contribution in [-0.2, 0) is 13.5 Å². The molecule has 0 atom stereocenters. The number of benzene rings is 2. The molecule has 2 aromatic carbocycles. The van der Waals surface area contributed by atoms with E-state index in [1.807, 2.05) is 48.5 Å². The molecule has 0 aliphatic rings. The van der Waals surface area contributed by atoms with Gasteiger partial charge in [0.1, 0.15) is 11.4 Å². The maximum Gasteiger partial charge on any atom is 0.273 e. The number of amides is 1. The second-order valence-electron chi connectivity index (χ2n) is 7.52. The molecule has 0 bridgehead atoms. The second kappa shape index (κ2) is 9.07. The lowest BCUT2D eigenvalue weighted by Crippen LogP contribution is -2.17. The first-order chi connectivity index (χ1) is 16.6. The van der Waals surface area contributed by atoms with Crippen molar-refractivity contribution in [3.63, 3.8) is 0 Å². The molecule has 0 radical (unpaired) electrons. The highest BCUT2D eigenvalue weighted by atomic mass is 16.5. The zero-order chi connectivity index (χ0) is 23.5. The Kier molecular flexibility index (Phi) is 5.65. The lowest BCUT2D eigenvalue weighted by atomic mass is 10.1. The number of aryl methyl sites for hydroxylation is 1. The van der Waals surface area contributed by atoms with Crippen LogP contribution in [0.2, 0.25) is 0 Å². The highest BCUT2D eigenvalue weighted by Gasteiger charge is 2.18. The number of ether oxygens (including phenoxy) is 1. The molecule has 3 heterocycles. The summed E-state index contributed by atoms with van der Waals surface area (Å²) in [5.74, 6) is 1.71. The molecule has 1 N–H and O–H groups in total. The van der Waals surface area contributed by atoms with E-state index in [-0.39, 0.29) is 5.91 Å². The molecule has 0 aliphatic carbocycles. The number of nitrogens with one attached hydrogen (secondary N) is 1. The normalized spacial score (nSPS) is 10.9. The summed E-state index contributed by atoms with van der Waals surface area (Å²) < 4.78 is 17.7. The predicted molar refractivity (Wildman–Crippen MR) is 124 cm³/mol. The van der Waals surface area contributed by atoms with Crippen molar-refractivity contribution in [3.05, 3.63) is 90.1 Å². The summed E-state index contributed by atoms with van der Waals surface area (Å²) in [6.07, 6.45) is 1.90. The van der Waals surface area contributed by atoms with E-state index in [1.54, 1.807) is 43.3 Å². The van der Waals surface area contributed by atoms with Gasteiger partial charge in [0.15, 0.2) is 5.76 Å². The molecular weight excluding hydrogens is 434 g/mol. The molecule has 5 rings (SSSR count). The maximum atomic E-state index is 13.1. The van der Waals surface area contributed by atoms with Gasteiger partial charge in [0.2, 0.25) is 11.7 Å². The van der Waals surface area contributed by atoms with Gasteiger partial charge in [0.25, 0.3) is 5.91 Å². The molecule has 5 aromatic rings. The average Bonchev–Trinajstić information content (AvgIpc) is 3.61. The number of methoxy groups -OCH3 is 1. The fourth-order valence-electron chi connectivity index (χ4n) is 3.65. The third-order valence-electron chi connectivity index (χ3n) is 5.31. The van der Waals surface area contributed by atoms with Crippen LogP contribution in [0.15, 0.2) is 81.9 Å². The second-order valence-corrected chi connectivity index (χ2v) is 7.52. The first-order valence-electron chi connectivity index (χ1n) is 10.6. The summed E-state index contributed by atoms with van der Waals surface area (Å²) in [6, 6.07) is 20.3. The molecule has 9 heteroatoms. The Balaban J connectivity index is 1.37. The highest BCUT2D eigenvalue weighted by Crippen LogP contribution is 2.29. The maximum absolute atomic E-state index is 13.1. The number of rotatable bonds is 7. The SMILES string of the molecule is COc1ccccc1-c1cc(C(=O)Nc2ccccc2Cc2nc(-c3ccco3)no2)n(C)n1. The van der Waals surface area contributed by atoms with Crippen LogP contribution in [0.25, 0.3) is 22.8 Å². The van der Waals surface area contributed by atoms with E-state index in [2.05, 4.69) is 20.6 Å². The predicted octanol–water partition coefficient (Wildman–Crippen LogP) is 4.58. The van der Waals surface area contributed by atoms with Gasteiger partial charge in [-0.2, -0.15) is 10.1 Å². The molecule has 34 heavy (non-hydrogen) atoms. The van der Waals surface area contributed by atoms with Crippen LogP contribution in [0, 0.1) is 0 Å². The lowest BCUT2D eigenvalue weighted by Gasteiger charge is -2.09. The Hall–Kier alpha value is -4.66. The van der Waals surface area contributed by atoms with Gasteiger partial charge in [0, 0.05) is 18.3 Å². The third-order valence-corrected chi connectivity index (χ3v) is 5.31. The number of carbonyl (C=O) groups excluding carboxylic acids is 1. The minimum atomic E-state index is -0.287. The molecule has 0 unspecified atom stereocenters. The van der Waals surface area contributed by atoms with Crippen LogP contribution < -0.4 is 10.1 Å². The van der Waals surface area contributed by atoms with Gasteiger partial charge in [-0.15, -0.1) is 0 Å². The Morgan fingerprint density at radius 3 is 2.74 bits per heavy atom. The standard InChI is InChI=1S/C25H21N5O4/c1-30-20(15-19(28-30)17-9-4-6-11-21(17)32-2)25(31)26-18-10-5-3-8-16(18)14-23-27-24(29-34-23)22-12-7-13-33-22/h3-13,15H,14H2,1-2H3,(H,26,31). The van der Waals surface area contributed by atoms with Crippen LogP contribution in [0.3, 0.4) is 0 Å². The Morgan fingerprint density at radius 2 is 1.91 bits per heavy atom. The zero-order valence-electron chi connectivity index (χ0n) is 18.6. The largest absolute Gasteiger partial charge is 0.496 e. The summed E-state index contributed by atoms with van der Waals surface area (Å²) in [7, 11) is 3.33. The minimum Gasteiger partial charge on any atom is -0.496 e. The highest BCUT2D eigenvalue weighted by molar-refractivity contribution is 6.04. The Morgan fingerprint density at radius 1 is 1.09 bits per heavy atom. The summed E-state index contributed by atoms with van der Waals surface area (Å²) in [6.45, 7) is 0. The van der Waals surface area contributed by atoms with Gasteiger partial charge < -0.3 is 19.0 Å². The van der Waals surface area contributed by atoms with Crippen LogP contribution >= 0.6 is 0 Å². The van der Waals surface area contributed by atoms with E-state index in [0.717, 1.165) is 11.1 Å². The van der Waals surface area contributed by atoms with Gasteiger partial charge in [-0.3, -0.25) is 9.48 Å². The van der Waals surface area contributed by atoms with E-state index in [0.29, 0.717) is 46.7 Å². The molecule has 0 spiro atoms. The van der Waals surface area contributed by atoms with Crippen molar-refractivity contribution in [2.75, 3.05) is 12.4 Å². The van der Waals surface area contributed by atoms with Crippen molar-refractivity contribution in [3.8, 4) is 28.6 Å². The van der Waals surface area contributed by atoms with Crippen molar-refractivity contribution in [1.82, 2.24) is 19.9 Å². The van der Waals surface area contributed by atoms with Crippen molar-refractivity contribution in [1.29, 1.82) is 0 Å². The molecule has 170 valence electrons. The van der Waals surface area contributed by atoms with Gasteiger partial charge >= 0.3 is 0 Å². The number of hydrogen-bond acceptors (Lipinski definition) is 7. The molecule has 9 nitrogen and oxygen atoms in total. The molecular formula is C25H21N5O4. The van der Waals surface area contributed by atoms with Crippen molar-refractivity contribution >= 4 is 11.6 Å². The topological polar surface area (TPSA) is 108 Å². The fraction of sp³-hybridized carbons (Fsp3) is 0.120. The number of para-hydroxylation sites is 2. The smallest absolute Gasteiger partial charge is 0.273 e. The van der Waals surface area contributed by atoms with Gasteiger partial charge in [-0.25, -0.2) is 0 Å². The minimum absolute atomic E-state index is 0.287. The number of anilines is 1. The van der Waals surface area contributed by atoms with Gasteiger partial charge in [-0.1, -0.05) is 35.5 Å². The van der Waals surface area contributed by atoms with Crippen LogP contribution in [0.1, 0.15) is 21.9 Å². The number of nitrogens with zero attached hydrogens (tertiary/aromatic N) is 4. The van der Waals surface area contributed by atoms with Gasteiger partial charge in [-0.05, 0) is 42.0 Å². The van der Waals surface area contributed by atoms with E-state index in [1.165, 1.54) is 0 Å². The van der Waals surface area contributed by atoms with E-state index >= 15 is 0 Å². The van der Waals surface area contributed by atoms with E-state index < -0.39 is 0 Å². The first-order valence-corrected chi connectivity index (χ1v) is 10.6. The molecule has 3 aromatic heterocycles. The summed E-state index contributed by atoms with van der Waals surface area (Å²) in [5.41, 5.74) is 3.34. The van der Waals surface area contributed by atoms with Crippen LogP contribution in [0.5, 0.6) is 5.75 Å². The van der Waals surface area contributed by atoms with Crippen molar-refractivity contribution in [2.45, 2.75) is 6.42 Å². The molecule has 0 aliphatic heterocycles. The fourth-order valence-corrected chi connectivity index (χ4v) is 3.65. The quantitative estimate of drug-likeness (QED) is 0.383. The summed E-state index contributed by atoms with van der Waals surface area (Å²) in [4.78, 5) is 17.5. The Labute approximate surface area is 195 Å². The number of furan rings is 1. The van der Waals surface area contributed by atoms with Crippen LogP contribution in [-0.4, -0.2) is 32.9 Å². The third kappa shape index (κ3) is 4.18. The number of aromatic nitrogens is 4. The molecule has 0 saturated carbocycles. The summed E-state index contributed by atoms with van der Waals surface area (Å²) in [5, 5.41) is 11.4. The van der Waals surface area contributed by atoms with Crippen molar-refractivity contribution < 1.29 is 18.5 Å². The van der Waals surface area contributed by atoms with Crippen LogP contribution in [0.4, 0.5) is 5.69 Å². The molecule has 1 amide bonds. The number of carbonyl (C=O) groups is 1. The molecule has 0 saturated heterocycles. The lowest BCUT2D eigenvalue weighted by molar-refractivity contribution is 0.101. The van der Waals surface area contributed by atoms with Gasteiger partial charge in [0.05, 0.1) is 25.5 Å². The molecule has 0 fully saturated rings. The van der Waals surface area contributed by atoms with E-state index in [9.17, 15) is 4.79 Å². The van der Waals surface area contributed by atoms with Crippen molar-refractivity contribution in [2.24, 2.45) is 7.05 Å². The summed E-state index contributed by atoms with van der Waals surface area (Å²) >= 11 is 0. The van der Waals surface area contributed by atoms with E-state index in [4.69, 9.17) is 13.7 Å². The zero-order valence-corrected chi connectivity index (χ0v) is 18.6.